The van der Waals surface area contributed by atoms with E-state index in [2.05, 4.69) is 9.80 Å². The highest BCUT2D eigenvalue weighted by molar-refractivity contribution is 5.79. The quantitative estimate of drug-likeness (QED) is 0.767. The molecule has 5 nitrogen and oxygen atoms in total. The van der Waals surface area contributed by atoms with E-state index in [1.54, 1.807) is 7.11 Å². The van der Waals surface area contributed by atoms with E-state index < -0.39 is 0 Å². The topological polar surface area (TPSA) is 42.0 Å². The van der Waals surface area contributed by atoms with Crippen LogP contribution >= 0.6 is 0 Å². The first-order chi connectivity index (χ1) is 13.2. The Hall–Kier alpha value is -1.59. The molecule has 2 aliphatic heterocycles. The number of benzene rings is 1. The largest absolute Gasteiger partial charge is 0.497 e. The van der Waals surface area contributed by atoms with Gasteiger partial charge in [0.2, 0.25) is 5.91 Å². The first-order valence-electron chi connectivity index (χ1n) is 10.4. The van der Waals surface area contributed by atoms with Crippen LogP contribution in [0.1, 0.15) is 44.1 Å². The van der Waals surface area contributed by atoms with Crippen molar-refractivity contribution in [3.05, 3.63) is 29.8 Å². The summed E-state index contributed by atoms with van der Waals surface area (Å²) in [5.74, 6) is 1.07. The average Bonchev–Trinajstić information content (AvgIpc) is 2.94. The second-order valence-corrected chi connectivity index (χ2v) is 7.85. The number of rotatable bonds is 6. The molecule has 0 saturated carbocycles. The molecule has 1 aromatic rings. The van der Waals surface area contributed by atoms with Crippen molar-refractivity contribution in [1.82, 2.24) is 9.80 Å². The van der Waals surface area contributed by atoms with Gasteiger partial charge in [0.25, 0.3) is 0 Å². The highest BCUT2D eigenvalue weighted by Gasteiger charge is 2.28. The standard InChI is InChI=1S/C22H34N2O3/c1-26-20-10-13-23(14-11-20)17-19-8-4-3-5-12-24(19)22(25)16-18-7-6-9-21(15-18)27-2/h6-7,9,15,19-20H,3-5,8,10-14,16-17H2,1-2H3. The molecule has 1 amide bonds. The zero-order valence-corrected chi connectivity index (χ0v) is 16.9. The number of likely N-dealkylation sites (tertiary alicyclic amines) is 2. The zero-order chi connectivity index (χ0) is 19.1. The minimum absolute atomic E-state index is 0.252. The van der Waals surface area contributed by atoms with Gasteiger partial charge >= 0.3 is 0 Å². The van der Waals surface area contributed by atoms with Crippen molar-refractivity contribution in [2.24, 2.45) is 0 Å². The maximum Gasteiger partial charge on any atom is 0.227 e. The van der Waals surface area contributed by atoms with Crippen LogP contribution in [0, 0.1) is 0 Å². The lowest BCUT2D eigenvalue weighted by molar-refractivity contribution is -0.133. The fraction of sp³-hybridized carbons (Fsp3) is 0.682. The highest BCUT2D eigenvalue weighted by atomic mass is 16.5. The van der Waals surface area contributed by atoms with Gasteiger partial charge in [0.15, 0.2) is 0 Å². The molecule has 1 atom stereocenters. The average molecular weight is 375 g/mol. The maximum atomic E-state index is 13.1. The third kappa shape index (κ3) is 5.69. The first-order valence-corrected chi connectivity index (χ1v) is 10.4. The van der Waals surface area contributed by atoms with E-state index >= 15 is 0 Å². The molecule has 0 spiro atoms. The predicted octanol–water partition coefficient (Wildman–Crippen LogP) is 3.12. The van der Waals surface area contributed by atoms with E-state index in [9.17, 15) is 4.79 Å². The Balaban J connectivity index is 1.62. The summed E-state index contributed by atoms with van der Waals surface area (Å²) in [6.45, 7) is 4.04. The zero-order valence-electron chi connectivity index (χ0n) is 16.9. The second kappa shape index (κ2) is 10.1. The van der Waals surface area contributed by atoms with E-state index in [-0.39, 0.29) is 5.91 Å². The van der Waals surface area contributed by atoms with Crippen molar-refractivity contribution in [3.63, 3.8) is 0 Å². The number of carbonyl (C=O) groups is 1. The van der Waals surface area contributed by atoms with Gasteiger partial charge < -0.3 is 19.3 Å². The summed E-state index contributed by atoms with van der Waals surface area (Å²) in [6.07, 6.45) is 7.75. The van der Waals surface area contributed by atoms with Gasteiger partial charge in [0.1, 0.15) is 5.75 Å². The summed E-state index contributed by atoms with van der Waals surface area (Å²) in [5, 5.41) is 0. The van der Waals surface area contributed by atoms with Gasteiger partial charge in [0, 0.05) is 39.3 Å². The Morgan fingerprint density at radius 1 is 1.07 bits per heavy atom. The summed E-state index contributed by atoms with van der Waals surface area (Å²) >= 11 is 0. The van der Waals surface area contributed by atoms with E-state index in [0.717, 1.165) is 63.2 Å². The molecule has 0 aliphatic carbocycles. The molecule has 0 bridgehead atoms. The third-order valence-electron chi connectivity index (χ3n) is 6.02. The summed E-state index contributed by atoms with van der Waals surface area (Å²) in [6, 6.07) is 8.21. The lowest BCUT2D eigenvalue weighted by atomic mass is 10.0. The van der Waals surface area contributed by atoms with Crippen LogP contribution in [-0.4, -0.2) is 68.3 Å². The normalized spacial score (nSPS) is 22.4. The molecule has 5 heteroatoms. The Kier molecular flexibility index (Phi) is 7.53. The fourth-order valence-corrected chi connectivity index (χ4v) is 4.38. The van der Waals surface area contributed by atoms with Crippen LogP contribution in [-0.2, 0) is 16.0 Å². The number of hydrogen-bond donors (Lipinski definition) is 0. The molecular weight excluding hydrogens is 340 g/mol. The Bertz CT molecular complexity index is 599. The number of carbonyl (C=O) groups excluding carboxylic acids is 1. The van der Waals surface area contributed by atoms with Gasteiger partial charge in [-0.2, -0.15) is 0 Å². The third-order valence-corrected chi connectivity index (χ3v) is 6.02. The second-order valence-electron chi connectivity index (χ2n) is 7.85. The maximum absolute atomic E-state index is 13.1. The van der Waals surface area contributed by atoms with Crippen LogP contribution in [0.4, 0.5) is 0 Å². The molecule has 0 aromatic heterocycles. The number of ether oxygens (including phenoxy) is 2. The van der Waals surface area contributed by atoms with E-state index in [1.165, 1.54) is 12.8 Å². The molecule has 2 heterocycles. The molecule has 150 valence electrons. The van der Waals surface area contributed by atoms with Crippen LogP contribution < -0.4 is 4.74 Å². The Labute approximate surface area is 163 Å². The number of piperidine rings is 1. The minimum Gasteiger partial charge on any atom is -0.497 e. The number of nitrogens with zero attached hydrogens (tertiary/aromatic N) is 2. The van der Waals surface area contributed by atoms with Gasteiger partial charge in [0.05, 0.1) is 19.6 Å². The van der Waals surface area contributed by atoms with Crippen LogP contribution in [0.5, 0.6) is 5.75 Å². The number of hydrogen-bond acceptors (Lipinski definition) is 4. The lowest BCUT2D eigenvalue weighted by Gasteiger charge is -2.37. The molecule has 2 aliphatic rings. The van der Waals surface area contributed by atoms with Gasteiger partial charge in [-0.3, -0.25) is 4.79 Å². The smallest absolute Gasteiger partial charge is 0.227 e. The molecule has 2 saturated heterocycles. The van der Waals surface area contributed by atoms with Crippen LogP contribution in [0.15, 0.2) is 24.3 Å². The fourth-order valence-electron chi connectivity index (χ4n) is 4.38. The lowest BCUT2D eigenvalue weighted by Crippen LogP contribution is -2.49. The molecule has 27 heavy (non-hydrogen) atoms. The molecule has 0 N–H and O–H groups in total. The van der Waals surface area contributed by atoms with E-state index in [0.29, 0.717) is 18.6 Å². The SMILES string of the molecule is COc1cccc(CC(=O)N2CCCCCC2CN2CCC(OC)CC2)c1. The predicted molar refractivity (Wildman–Crippen MR) is 107 cm³/mol. The molecule has 2 fully saturated rings. The van der Waals surface area contributed by atoms with Gasteiger partial charge in [-0.05, 0) is 43.4 Å². The molecule has 1 aromatic carbocycles. The van der Waals surface area contributed by atoms with Crippen molar-refractivity contribution in [3.8, 4) is 5.75 Å². The van der Waals surface area contributed by atoms with Crippen LogP contribution in [0.2, 0.25) is 0 Å². The first kappa shape index (κ1) is 20.2. The number of methoxy groups -OCH3 is 2. The summed E-state index contributed by atoms with van der Waals surface area (Å²) in [5.41, 5.74) is 1.03. The van der Waals surface area contributed by atoms with E-state index in [1.807, 2.05) is 31.4 Å². The van der Waals surface area contributed by atoms with Gasteiger partial charge in [-0.15, -0.1) is 0 Å². The molecule has 3 rings (SSSR count). The minimum atomic E-state index is 0.252. The summed E-state index contributed by atoms with van der Waals surface area (Å²) in [7, 11) is 3.48. The highest BCUT2D eigenvalue weighted by Crippen LogP contribution is 2.22. The van der Waals surface area contributed by atoms with Crippen LogP contribution in [0.25, 0.3) is 0 Å². The van der Waals surface area contributed by atoms with Crippen molar-refractivity contribution in [2.45, 2.75) is 57.1 Å². The molecule has 1 unspecified atom stereocenters. The Morgan fingerprint density at radius 3 is 2.63 bits per heavy atom. The monoisotopic (exact) mass is 374 g/mol. The Morgan fingerprint density at radius 2 is 1.89 bits per heavy atom. The van der Waals surface area contributed by atoms with Crippen molar-refractivity contribution >= 4 is 5.91 Å². The molecular formula is C22H34N2O3. The van der Waals surface area contributed by atoms with Gasteiger partial charge in [-0.25, -0.2) is 0 Å². The van der Waals surface area contributed by atoms with Gasteiger partial charge in [-0.1, -0.05) is 25.0 Å². The van der Waals surface area contributed by atoms with Crippen LogP contribution in [0.3, 0.4) is 0 Å². The van der Waals surface area contributed by atoms with Crippen molar-refractivity contribution in [2.75, 3.05) is 40.4 Å². The summed E-state index contributed by atoms with van der Waals surface area (Å²) < 4.78 is 10.8. The van der Waals surface area contributed by atoms with Crippen molar-refractivity contribution < 1.29 is 14.3 Å². The number of amides is 1. The van der Waals surface area contributed by atoms with Crippen molar-refractivity contribution in [1.29, 1.82) is 0 Å². The molecule has 0 radical (unpaired) electrons. The summed E-state index contributed by atoms with van der Waals surface area (Å²) in [4.78, 5) is 17.8. The van der Waals surface area contributed by atoms with E-state index in [4.69, 9.17) is 9.47 Å².